The number of fused-ring (bicyclic) bond motifs is 4. The van der Waals surface area contributed by atoms with E-state index in [0.717, 1.165) is 79.0 Å². The summed E-state index contributed by atoms with van der Waals surface area (Å²) in [5.74, 6) is 1.80. The molecule has 0 fully saturated rings. The Morgan fingerprint density at radius 1 is 1.24 bits per heavy atom. The fourth-order valence-electron chi connectivity index (χ4n) is 5.88. The first-order valence-corrected chi connectivity index (χ1v) is 12.7. The molecule has 1 amide bonds. The molecule has 0 bridgehead atoms. The number of ether oxygens (including phenoxy) is 1. The number of anilines is 1. The molecule has 0 saturated carbocycles. The van der Waals surface area contributed by atoms with E-state index < -0.39 is 0 Å². The van der Waals surface area contributed by atoms with Crippen LogP contribution in [0.25, 0.3) is 0 Å². The molecular formula is C28H36FN3O2. The summed E-state index contributed by atoms with van der Waals surface area (Å²) in [6, 6.07) is 9.45. The first-order valence-electron chi connectivity index (χ1n) is 12.7. The quantitative estimate of drug-likeness (QED) is 0.554. The van der Waals surface area contributed by atoms with Gasteiger partial charge < -0.3 is 15.0 Å². The lowest BCUT2D eigenvalue weighted by molar-refractivity contribution is 0.0808. The van der Waals surface area contributed by atoms with Gasteiger partial charge in [0.15, 0.2) is 0 Å². The lowest BCUT2D eigenvalue weighted by Crippen LogP contribution is -2.45. The molecular weight excluding hydrogens is 429 g/mol. The normalized spacial score (nSPS) is 20.9. The van der Waals surface area contributed by atoms with E-state index in [2.05, 4.69) is 24.1 Å². The van der Waals surface area contributed by atoms with Crippen LogP contribution in [0.1, 0.15) is 66.1 Å². The largest absolute Gasteiger partial charge is 0.492 e. The van der Waals surface area contributed by atoms with Gasteiger partial charge in [-0.15, -0.1) is 0 Å². The van der Waals surface area contributed by atoms with E-state index in [1.165, 1.54) is 6.07 Å². The second kappa shape index (κ2) is 9.57. The predicted octanol–water partition coefficient (Wildman–Crippen LogP) is 5.05. The zero-order valence-electron chi connectivity index (χ0n) is 20.6. The van der Waals surface area contributed by atoms with E-state index in [0.29, 0.717) is 25.0 Å². The first kappa shape index (κ1) is 23.2. The number of unbranched alkanes of at least 4 members (excludes halogenated alkanes) is 1. The van der Waals surface area contributed by atoms with Gasteiger partial charge in [0, 0.05) is 49.9 Å². The van der Waals surface area contributed by atoms with E-state index >= 15 is 0 Å². The van der Waals surface area contributed by atoms with Crippen molar-refractivity contribution in [1.29, 1.82) is 0 Å². The van der Waals surface area contributed by atoms with Crippen LogP contribution in [0.4, 0.5) is 10.1 Å². The maximum Gasteiger partial charge on any atom is 0.254 e. The first-order chi connectivity index (χ1) is 16.4. The molecule has 0 aliphatic carbocycles. The highest BCUT2D eigenvalue weighted by atomic mass is 19.1. The predicted molar refractivity (Wildman–Crippen MR) is 133 cm³/mol. The summed E-state index contributed by atoms with van der Waals surface area (Å²) in [6.45, 7) is 8.81. The molecule has 0 saturated heterocycles. The lowest BCUT2D eigenvalue weighted by atomic mass is 9.93. The number of nitrogens with zero attached hydrogens (tertiary/aromatic N) is 2. The molecule has 2 aromatic carbocycles. The highest BCUT2D eigenvalue weighted by molar-refractivity contribution is 6.00. The van der Waals surface area contributed by atoms with Gasteiger partial charge in [-0.2, -0.15) is 0 Å². The van der Waals surface area contributed by atoms with Crippen molar-refractivity contribution >= 4 is 11.6 Å². The Labute approximate surface area is 202 Å². The average molecular weight is 466 g/mol. The fraction of sp³-hybridized carbons (Fsp3) is 0.536. The summed E-state index contributed by atoms with van der Waals surface area (Å²) in [5, 5.41) is 3.42. The molecule has 182 valence electrons. The van der Waals surface area contributed by atoms with Gasteiger partial charge in [-0.1, -0.05) is 26.3 Å². The molecule has 2 atom stereocenters. The van der Waals surface area contributed by atoms with E-state index in [4.69, 9.17) is 4.74 Å². The maximum atomic E-state index is 13.7. The second-order valence-electron chi connectivity index (χ2n) is 10.6. The van der Waals surface area contributed by atoms with Crippen LogP contribution in [0.5, 0.6) is 5.75 Å². The number of halogens is 1. The van der Waals surface area contributed by atoms with Gasteiger partial charge >= 0.3 is 0 Å². The molecule has 0 spiro atoms. The van der Waals surface area contributed by atoms with Crippen LogP contribution in [-0.2, 0) is 13.0 Å². The lowest BCUT2D eigenvalue weighted by Gasteiger charge is -2.36. The van der Waals surface area contributed by atoms with Crippen molar-refractivity contribution in [2.45, 2.75) is 58.0 Å². The molecule has 0 aromatic heterocycles. The molecule has 1 N–H and O–H groups in total. The van der Waals surface area contributed by atoms with Crippen LogP contribution in [0.15, 0.2) is 30.3 Å². The molecule has 34 heavy (non-hydrogen) atoms. The minimum Gasteiger partial charge on any atom is -0.492 e. The number of hydrogen-bond donors (Lipinski definition) is 1. The molecule has 2 unspecified atom stereocenters. The van der Waals surface area contributed by atoms with Crippen LogP contribution in [0.3, 0.4) is 0 Å². The molecule has 2 aromatic rings. The standard InChI is InChI=1S/C28H36FN3O2/c1-18(2)15-32(11-5-4-6-19-14-30-25-9-8-21(29)12-23(19)25)22-13-24-26(34-17-22)10-7-20-16-31(3)28(33)27(20)24/h7-10,12,18-19,22,30H,4-6,11,13-17H2,1-3H3. The summed E-state index contributed by atoms with van der Waals surface area (Å²) in [6.07, 6.45) is 4.15. The summed E-state index contributed by atoms with van der Waals surface area (Å²) in [7, 11) is 1.87. The number of hydrogen-bond acceptors (Lipinski definition) is 4. The number of rotatable bonds is 8. The van der Waals surface area contributed by atoms with Crippen LogP contribution in [0, 0.1) is 11.7 Å². The monoisotopic (exact) mass is 465 g/mol. The Morgan fingerprint density at radius 2 is 2.09 bits per heavy atom. The molecule has 6 heteroatoms. The number of nitrogens with one attached hydrogen (secondary N) is 1. The van der Waals surface area contributed by atoms with Crippen molar-refractivity contribution in [3.8, 4) is 5.75 Å². The highest BCUT2D eigenvalue weighted by Gasteiger charge is 2.34. The molecule has 3 aliphatic rings. The van der Waals surface area contributed by atoms with E-state index in [1.807, 2.05) is 25.2 Å². The molecule has 3 heterocycles. The van der Waals surface area contributed by atoms with Crippen molar-refractivity contribution in [3.05, 3.63) is 58.4 Å². The zero-order chi connectivity index (χ0) is 23.8. The van der Waals surface area contributed by atoms with Crippen molar-refractivity contribution in [2.24, 2.45) is 5.92 Å². The van der Waals surface area contributed by atoms with Gasteiger partial charge in [-0.05, 0) is 67.1 Å². The Kier molecular flexibility index (Phi) is 6.52. The Balaban J connectivity index is 1.22. The number of carbonyl (C=O) groups is 1. The molecule has 5 nitrogen and oxygen atoms in total. The third kappa shape index (κ3) is 4.52. The Hall–Kier alpha value is -2.60. The third-order valence-electron chi connectivity index (χ3n) is 7.55. The Morgan fingerprint density at radius 3 is 2.91 bits per heavy atom. The summed E-state index contributed by atoms with van der Waals surface area (Å²) in [4.78, 5) is 17.2. The van der Waals surface area contributed by atoms with Gasteiger partial charge in [-0.25, -0.2) is 4.39 Å². The smallest absolute Gasteiger partial charge is 0.254 e. The second-order valence-corrected chi connectivity index (χ2v) is 10.6. The van der Waals surface area contributed by atoms with Crippen molar-refractivity contribution in [3.63, 3.8) is 0 Å². The van der Waals surface area contributed by atoms with Crippen molar-refractivity contribution in [2.75, 3.05) is 38.6 Å². The van der Waals surface area contributed by atoms with E-state index in [-0.39, 0.29) is 17.8 Å². The van der Waals surface area contributed by atoms with Crippen molar-refractivity contribution in [1.82, 2.24) is 9.80 Å². The number of carbonyl (C=O) groups excluding carboxylic acids is 1. The summed E-state index contributed by atoms with van der Waals surface area (Å²) >= 11 is 0. The van der Waals surface area contributed by atoms with E-state index in [9.17, 15) is 9.18 Å². The van der Waals surface area contributed by atoms with Gasteiger partial charge in [-0.3, -0.25) is 9.69 Å². The number of amides is 1. The van der Waals surface area contributed by atoms with Crippen LogP contribution < -0.4 is 10.1 Å². The summed E-state index contributed by atoms with van der Waals surface area (Å²) < 4.78 is 19.9. The van der Waals surface area contributed by atoms with Crippen LogP contribution >= 0.6 is 0 Å². The zero-order valence-corrected chi connectivity index (χ0v) is 20.6. The highest BCUT2D eigenvalue weighted by Crippen LogP contribution is 2.37. The third-order valence-corrected chi connectivity index (χ3v) is 7.55. The van der Waals surface area contributed by atoms with Crippen LogP contribution in [-0.4, -0.2) is 55.0 Å². The number of benzene rings is 2. The van der Waals surface area contributed by atoms with Gasteiger partial charge in [0.1, 0.15) is 18.2 Å². The van der Waals surface area contributed by atoms with Crippen LogP contribution in [0.2, 0.25) is 0 Å². The van der Waals surface area contributed by atoms with Crippen molar-refractivity contribution < 1.29 is 13.9 Å². The molecule has 0 radical (unpaired) electrons. The minimum absolute atomic E-state index is 0.119. The SMILES string of the molecule is CC(C)CN(CCCCC1CNc2ccc(F)cc21)C1COc2ccc3c(c2C1)C(=O)N(C)C3. The van der Waals surface area contributed by atoms with E-state index in [1.54, 1.807) is 11.0 Å². The minimum atomic E-state index is -0.149. The van der Waals surface area contributed by atoms with Gasteiger partial charge in [0.2, 0.25) is 0 Å². The average Bonchev–Trinajstić information content (AvgIpc) is 3.35. The topological polar surface area (TPSA) is 44.8 Å². The molecule has 3 aliphatic heterocycles. The molecule has 5 rings (SSSR count). The van der Waals surface area contributed by atoms with Gasteiger partial charge in [0.25, 0.3) is 5.91 Å². The Bertz CT molecular complexity index is 1070. The maximum absolute atomic E-state index is 13.7. The fourth-order valence-corrected chi connectivity index (χ4v) is 5.88. The van der Waals surface area contributed by atoms with Gasteiger partial charge in [0.05, 0.1) is 5.56 Å². The summed E-state index contributed by atoms with van der Waals surface area (Å²) in [5.41, 5.74) is 5.28.